The number of aromatic nitrogens is 1. The predicted molar refractivity (Wildman–Crippen MR) is 243 cm³/mol. The van der Waals surface area contributed by atoms with Crippen molar-refractivity contribution in [3.05, 3.63) is 194 Å². The number of nitrogens with zero attached hydrogens (tertiary/aromatic N) is 1. The summed E-state index contributed by atoms with van der Waals surface area (Å²) in [5, 5.41) is 11.5. The summed E-state index contributed by atoms with van der Waals surface area (Å²) in [5.41, 5.74) is 13.2. The second kappa shape index (κ2) is 13.3. The number of allylic oxidation sites excluding steroid dienone is 4. The van der Waals surface area contributed by atoms with Crippen LogP contribution in [0.1, 0.15) is 18.9 Å². The maximum atomic E-state index is 3.77. The van der Waals surface area contributed by atoms with E-state index in [4.69, 9.17) is 0 Å². The van der Waals surface area contributed by atoms with Gasteiger partial charge in [-0.05, 0) is 118 Å². The van der Waals surface area contributed by atoms with Gasteiger partial charge in [0.25, 0.3) is 0 Å². The summed E-state index contributed by atoms with van der Waals surface area (Å²) in [7, 11) is 0. The summed E-state index contributed by atoms with van der Waals surface area (Å²) in [6, 6.07) is 62.5. The van der Waals surface area contributed by atoms with Crippen LogP contribution in [0, 0.1) is 5.92 Å². The lowest BCUT2D eigenvalue weighted by Gasteiger charge is -2.16. The molecule has 3 heteroatoms. The molecule has 10 aromatic rings. The second-order valence-electron chi connectivity index (χ2n) is 15.1. The van der Waals surface area contributed by atoms with Gasteiger partial charge in [-0.15, -0.1) is 11.3 Å². The molecule has 11 rings (SSSR count). The van der Waals surface area contributed by atoms with Gasteiger partial charge in [-0.1, -0.05) is 128 Å². The Hall–Kier alpha value is -6.68. The summed E-state index contributed by atoms with van der Waals surface area (Å²) in [6.45, 7) is 2.30. The molecule has 0 amide bonds. The van der Waals surface area contributed by atoms with Crippen molar-refractivity contribution in [3.8, 4) is 27.9 Å². The standard InChI is InChI=1S/C53H38N2S/c1-34-11-9-16-37(29-34)39-17-10-18-43(31-39)55-48-26-23-41(33-46(48)52-49(55)27-28-51-53(52)44-19-7-8-20-50(44)56-51)40-22-25-47(45(32-40)36-13-3-2-4-14-36)54-42-24-21-35-12-5-6-15-38(35)30-42/h2-28,30-34,54H,29H2,1H3. The maximum Gasteiger partial charge on any atom is 0.0548 e. The predicted octanol–water partition coefficient (Wildman–Crippen LogP) is 15.4. The number of nitrogens with one attached hydrogen (secondary N) is 1. The minimum Gasteiger partial charge on any atom is -0.355 e. The molecular formula is C53H38N2S. The monoisotopic (exact) mass is 734 g/mol. The summed E-state index contributed by atoms with van der Waals surface area (Å²) in [4.78, 5) is 0. The first-order valence-electron chi connectivity index (χ1n) is 19.5. The molecule has 2 nitrogen and oxygen atoms in total. The van der Waals surface area contributed by atoms with Gasteiger partial charge < -0.3 is 9.88 Å². The molecule has 0 saturated carbocycles. The number of hydrogen-bond acceptors (Lipinski definition) is 2. The van der Waals surface area contributed by atoms with Crippen LogP contribution >= 0.6 is 11.3 Å². The van der Waals surface area contributed by atoms with Gasteiger partial charge in [0.05, 0.1) is 11.0 Å². The Bertz CT molecular complexity index is 3210. The van der Waals surface area contributed by atoms with Crippen molar-refractivity contribution in [2.45, 2.75) is 13.3 Å². The molecule has 0 fully saturated rings. The summed E-state index contributed by atoms with van der Waals surface area (Å²) < 4.78 is 5.13. The molecule has 0 bridgehead atoms. The third-order valence-corrected chi connectivity index (χ3v) is 12.6. The summed E-state index contributed by atoms with van der Waals surface area (Å²) in [6.07, 6.45) is 7.85. The van der Waals surface area contributed by atoms with Crippen LogP contribution in [0.3, 0.4) is 0 Å². The minimum absolute atomic E-state index is 0.538. The molecular weight excluding hydrogens is 697 g/mol. The Labute approximate surface area is 330 Å². The molecule has 8 aromatic carbocycles. The van der Waals surface area contributed by atoms with E-state index in [1.54, 1.807) is 0 Å². The Balaban J connectivity index is 1.11. The first kappa shape index (κ1) is 32.7. The number of anilines is 2. The highest BCUT2D eigenvalue weighted by atomic mass is 32.1. The number of thiophene rings is 1. The molecule has 1 N–H and O–H groups in total. The molecule has 0 aliphatic heterocycles. The van der Waals surface area contributed by atoms with Crippen molar-refractivity contribution in [3.63, 3.8) is 0 Å². The van der Waals surface area contributed by atoms with Crippen LogP contribution in [-0.2, 0) is 0 Å². The number of fused-ring (bicyclic) bond motifs is 8. The highest BCUT2D eigenvalue weighted by molar-refractivity contribution is 7.26. The van der Waals surface area contributed by atoms with Gasteiger partial charge in [-0.25, -0.2) is 0 Å². The van der Waals surface area contributed by atoms with Crippen LogP contribution in [0.15, 0.2) is 188 Å². The van der Waals surface area contributed by atoms with E-state index in [-0.39, 0.29) is 0 Å². The molecule has 266 valence electrons. The zero-order chi connectivity index (χ0) is 37.2. The topological polar surface area (TPSA) is 17.0 Å². The van der Waals surface area contributed by atoms with Gasteiger partial charge in [0.2, 0.25) is 0 Å². The number of rotatable bonds is 6. The Morgan fingerprint density at radius 3 is 2.25 bits per heavy atom. The normalized spacial score (nSPS) is 14.3. The molecule has 56 heavy (non-hydrogen) atoms. The third kappa shape index (κ3) is 5.54. The quantitative estimate of drug-likeness (QED) is 0.180. The first-order chi connectivity index (χ1) is 27.6. The van der Waals surface area contributed by atoms with Crippen molar-refractivity contribution in [2.75, 3.05) is 5.32 Å². The molecule has 1 atom stereocenters. The minimum atomic E-state index is 0.538. The Morgan fingerprint density at radius 1 is 0.554 bits per heavy atom. The molecule has 1 aliphatic carbocycles. The van der Waals surface area contributed by atoms with Crippen molar-refractivity contribution < 1.29 is 0 Å². The fourth-order valence-corrected chi connectivity index (χ4v) is 9.91. The van der Waals surface area contributed by atoms with Crippen LogP contribution in [0.5, 0.6) is 0 Å². The third-order valence-electron chi connectivity index (χ3n) is 11.5. The summed E-state index contributed by atoms with van der Waals surface area (Å²) >= 11 is 1.88. The fraction of sp³-hybridized carbons (Fsp3) is 0.0566. The van der Waals surface area contributed by atoms with Gasteiger partial charge in [-0.2, -0.15) is 0 Å². The van der Waals surface area contributed by atoms with Crippen LogP contribution in [-0.4, -0.2) is 4.57 Å². The van der Waals surface area contributed by atoms with E-state index in [1.807, 2.05) is 11.3 Å². The molecule has 2 aromatic heterocycles. The first-order valence-corrected chi connectivity index (χ1v) is 20.3. The highest BCUT2D eigenvalue weighted by Crippen LogP contribution is 2.45. The average Bonchev–Trinajstić information content (AvgIpc) is 3.79. The second-order valence-corrected chi connectivity index (χ2v) is 16.2. The average molecular weight is 735 g/mol. The lowest BCUT2D eigenvalue weighted by molar-refractivity contribution is 0.749. The van der Waals surface area contributed by atoms with E-state index in [1.165, 1.54) is 91.8 Å². The van der Waals surface area contributed by atoms with E-state index >= 15 is 0 Å². The number of benzene rings is 8. The van der Waals surface area contributed by atoms with Crippen LogP contribution in [0.4, 0.5) is 11.4 Å². The van der Waals surface area contributed by atoms with E-state index in [2.05, 4.69) is 205 Å². The van der Waals surface area contributed by atoms with Crippen molar-refractivity contribution in [2.24, 2.45) is 5.92 Å². The van der Waals surface area contributed by atoms with Crippen LogP contribution in [0.2, 0.25) is 0 Å². The van der Waals surface area contributed by atoms with Crippen molar-refractivity contribution >= 4 is 81.0 Å². The maximum absolute atomic E-state index is 3.77. The van der Waals surface area contributed by atoms with Gasteiger partial charge in [0, 0.05) is 53.6 Å². The molecule has 0 radical (unpaired) electrons. The highest BCUT2D eigenvalue weighted by Gasteiger charge is 2.20. The lowest BCUT2D eigenvalue weighted by Crippen LogP contribution is -1.99. The molecule has 2 heterocycles. The van der Waals surface area contributed by atoms with Crippen molar-refractivity contribution in [1.82, 2.24) is 4.57 Å². The molecule has 1 unspecified atom stereocenters. The van der Waals surface area contributed by atoms with E-state index in [9.17, 15) is 0 Å². The van der Waals surface area contributed by atoms with Crippen LogP contribution < -0.4 is 5.32 Å². The Morgan fingerprint density at radius 2 is 1.34 bits per heavy atom. The van der Waals surface area contributed by atoms with E-state index < -0.39 is 0 Å². The largest absolute Gasteiger partial charge is 0.355 e. The SMILES string of the molecule is CC1C=CC=C(c2cccc(-n3c4ccc(-c5ccc(Nc6ccc7ccccc7c6)c(-c6ccccc6)c5)cc4c4c5c(ccc43)sc3ccccc35)c2)C1. The molecule has 0 saturated heterocycles. The molecule has 0 spiro atoms. The van der Waals surface area contributed by atoms with E-state index in [0.717, 1.165) is 17.8 Å². The summed E-state index contributed by atoms with van der Waals surface area (Å²) in [5.74, 6) is 0.538. The van der Waals surface area contributed by atoms with Gasteiger partial charge in [0.1, 0.15) is 0 Å². The van der Waals surface area contributed by atoms with Gasteiger partial charge in [0.15, 0.2) is 0 Å². The van der Waals surface area contributed by atoms with Gasteiger partial charge >= 0.3 is 0 Å². The number of hydrogen-bond donors (Lipinski definition) is 1. The lowest BCUT2D eigenvalue weighted by atomic mass is 9.91. The smallest absolute Gasteiger partial charge is 0.0548 e. The fourth-order valence-electron chi connectivity index (χ4n) is 8.80. The van der Waals surface area contributed by atoms with Crippen molar-refractivity contribution in [1.29, 1.82) is 0 Å². The zero-order valence-corrected chi connectivity index (χ0v) is 31.9. The van der Waals surface area contributed by atoms with Crippen LogP contribution in [0.25, 0.3) is 86.3 Å². The van der Waals surface area contributed by atoms with Gasteiger partial charge in [-0.3, -0.25) is 0 Å². The molecule has 1 aliphatic rings. The Kier molecular flexibility index (Phi) is 7.75. The zero-order valence-electron chi connectivity index (χ0n) is 31.0. The van der Waals surface area contributed by atoms with E-state index in [0.29, 0.717) is 5.92 Å².